The van der Waals surface area contributed by atoms with E-state index in [-0.39, 0.29) is 33.5 Å². The highest BCUT2D eigenvalue weighted by atomic mass is 16.5. The first-order chi connectivity index (χ1) is 24.2. The van der Waals surface area contributed by atoms with Crippen LogP contribution in [0.4, 0.5) is 0 Å². The molecule has 0 unspecified atom stereocenters. The van der Waals surface area contributed by atoms with Gasteiger partial charge in [0.1, 0.15) is 46.0 Å². The van der Waals surface area contributed by atoms with E-state index >= 15 is 0 Å². The maximum atomic E-state index is 6.75. The number of ether oxygens (including phenoxy) is 6. The molecule has 6 heteroatoms. The molecule has 0 aliphatic carbocycles. The number of hydrogen-bond acceptors (Lipinski definition) is 6. The molecule has 4 aromatic rings. The summed E-state index contributed by atoms with van der Waals surface area (Å²) in [5.41, 5.74) is 4.43. The molecule has 278 valence electrons. The predicted molar refractivity (Wildman–Crippen MR) is 209 cm³/mol. The first-order valence-electron chi connectivity index (χ1n) is 18.6. The Morgan fingerprint density at radius 2 is 0.577 bits per heavy atom. The van der Waals surface area contributed by atoms with Crippen LogP contribution in [0.1, 0.15) is 117 Å². The largest absolute Gasteiger partial charge is 0.493 e. The molecule has 2 aliphatic rings. The molecule has 6 nitrogen and oxygen atoms in total. The predicted octanol–water partition coefficient (Wildman–Crippen LogP) is 12.6. The van der Waals surface area contributed by atoms with E-state index < -0.39 is 0 Å². The van der Waals surface area contributed by atoms with Crippen LogP contribution >= 0.6 is 0 Å². The molecular formula is C46H58O6. The quantitative estimate of drug-likeness (QED) is 0.173. The van der Waals surface area contributed by atoms with Crippen molar-refractivity contribution in [1.29, 1.82) is 0 Å². The maximum Gasteiger partial charge on any atom is 0.134 e. The Morgan fingerprint density at radius 1 is 0.365 bits per heavy atom. The molecule has 0 amide bonds. The summed E-state index contributed by atoms with van der Waals surface area (Å²) in [6.07, 6.45) is 0. The average Bonchev–Trinajstić information content (AvgIpc) is 3.04. The third-order valence-electron chi connectivity index (χ3n) is 8.74. The Labute approximate surface area is 311 Å². The van der Waals surface area contributed by atoms with Crippen LogP contribution in [0, 0.1) is 21.7 Å². The van der Waals surface area contributed by atoms with E-state index in [1.165, 1.54) is 0 Å². The minimum atomic E-state index is -0.101. The monoisotopic (exact) mass is 706 g/mol. The van der Waals surface area contributed by atoms with Gasteiger partial charge in [-0.3, -0.25) is 0 Å². The summed E-state index contributed by atoms with van der Waals surface area (Å²) in [5.74, 6) is 6.05. The highest BCUT2D eigenvalue weighted by Gasteiger charge is 2.41. The van der Waals surface area contributed by atoms with Gasteiger partial charge in [0.2, 0.25) is 0 Å². The van der Waals surface area contributed by atoms with Gasteiger partial charge in [0.15, 0.2) is 0 Å². The summed E-state index contributed by atoms with van der Waals surface area (Å²) in [6.45, 7) is 28.5. The van der Waals surface area contributed by atoms with Crippen LogP contribution in [0.5, 0.6) is 46.0 Å². The molecule has 0 atom stereocenters. The zero-order valence-corrected chi connectivity index (χ0v) is 33.4. The van der Waals surface area contributed by atoms with Gasteiger partial charge in [-0.2, -0.15) is 0 Å². The normalized spacial score (nSPS) is 14.6. The minimum Gasteiger partial charge on any atom is -0.493 e. The van der Waals surface area contributed by atoms with Crippen molar-refractivity contribution in [3.63, 3.8) is 0 Å². The topological polar surface area (TPSA) is 55.4 Å². The third kappa shape index (κ3) is 9.18. The molecule has 0 bridgehead atoms. The van der Waals surface area contributed by atoms with E-state index in [0.717, 1.165) is 68.2 Å². The summed E-state index contributed by atoms with van der Waals surface area (Å²) in [7, 11) is 0. The van der Waals surface area contributed by atoms with Crippen molar-refractivity contribution in [2.45, 2.75) is 94.9 Å². The summed E-state index contributed by atoms with van der Waals surface area (Å²) >= 11 is 0. The summed E-state index contributed by atoms with van der Waals surface area (Å²) in [5, 5.41) is 0. The number of rotatable bonds is 9. The standard InChI is InChI=1S/C46H58O6/c1-43(2,3)25-47-29-13-17-33-37(21-29)51-38-22-30(48-26-44(4,5)6)14-18-34(38)41(33)42-35-19-15-31(49-27-45(7,8)9)23-39(35)52-40-24-32(16-20-36(40)42)50-28-46(10,11)12/h13-24,41-42H,25-28H2,1-12H3. The van der Waals surface area contributed by atoms with Crippen molar-refractivity contribution in [3.05, 3.63) is 95.1 Å². The number of hydrogen-bond donors (Lipinski definition) is 0. The highest BCUT2D eigenvalue weighted by Crippen LogP contribution is 2.59. The average molecular weight is 707 g/mol. The van der Waals surface area contributed by atoms with Crippen molar-refractivity contribution >= 4 is 0 Å². The molecule has 52 heavy (non-hydrogen) atoms. The second-order valence-corrected chi connectivity index (χ2v) is 19.4. The second-order valence-electron chi connectivity index (χ2n) is 19.4. The van der Waals surface area contributed by atoms with Crippen LogP contribution in [0.3, 0.4) is 0 Å². The molecular weight excluding hydrogens is 649 g/mol. The Morgan fingerprint density at radius 3 is 0.769 bits per heavy atom. The van der Waals surface area contributed by atoms with Crippen molar-refractivity contribution in [2.24, 2.45) is 21.7 Å². The number of fused-ring (bicyclic) bond motifs is 4. The van der Waals surface area contributed by atoms with Crippen molar-refractivity contribution < 1.29 is 28.4 Å². The van der Waals surface area contributed by atoms with Crippen LogP contribution < -0.4 is 28.4 Å². The molecule has 6 rings (SSSR count). The highest BCUT2D eigenvalue weighted by molar-refractivity contribution is 5.65. The Hall–Kier alpha value is -4.32. The molecule has 0 saturated heterocycles. The van der Waals surface area contributed by atoms with Crippen LogP contribution in [0.2, 0.25) is 0 Å². The van der Waals surface area contributed by atoms with Gasteiger partial charge in [-0.15, -0.1) is 0 Å². The summed E-state index contributed by atoms with van der Waals surface area (Å²) in [6, 6.07) is 25.1. The SMILES string of the molecule is CC(C)(C)COc1ccc2c(c1)Oc1cc(OCC(C)(C)C)ccc1C2C1c2ccc(OCC(C)(C)C)cc2Oc2cc(OCC(C)(C)C)ccc21. The lowest BCUT2D eigenvalue weighted by atomic mass is 9.71. The molecule has 4 aromatic carbocycles. The molecule has 0 radical (unpaired) electrons. The van der Waals surface area contributed by atoms with Crippen molar-refractivity contribution in [3.8, 4) is 46.0 Å². The summed E-state index contributed by atoms with van der Waals surface area (Å²) in [4.78, 5) is 0. The van der Waals surface area contributed by atoms with Crippen LogP contribution in [0.25, 0.3) is 0 Å². The van der Waals surface area contributed by atoms with E-state index in [2.05, 4.69) is 132 Å². The first kappa shape index (κ1) is 37.4. The van der Waals surface area contributed by atoms with Gasteiger partial charge in [-0.1, -0.05) is 107 Å². The molecule has 0 fully saturated rings. The number of benzene rings is 4. The van der Waals surface area contributed by atoms with E-state index in [1.807, 2.05) is 24.3 Å². The van der Waals surface area contributed by atoms with E-state index in [4.69, 9.17) is 28.4 Å². The minimum absolute atomic E-state index is 0.0195. The van der Waals surface area contributed by atoms with E-state index in [0.29, 0.717) is 26.4 Å². The zero-order chi connectivity index (χ0) is 37.6. The van der Waals surface area contributed by atoms with Gasteiger partial charge in [0.05, 0.1) is 26.4 Å². The Kier molecular flexibility index (Phi) is 10.0. The second kappa shape index (κ2) is 13.9. The lowest BCUT2D eigenvalue weighted by molar-refractivity contribution is 0.196. The van der Waals surface area contributed by atoms with Crippen molar-refractivity contribution in [2.75, 3.05) is 26.4 Å². The van der Waals surface area contributed by atoms with E-state index in [1.54, 1.807) is 0 Å². The lowest BCUT2D eigenvalue weighted by Crippen LogP contribution is -2.23. The van der Waals surface area contributed by atoms with Crippen LogP contribution in [0.15, 0.2) is 72.8 Å². The lowest BCUT2D eigenvalue weighted by Gasteiger charge is -2.38. The fraction of sp³-hybridized carbons (Fsp3) is 0.478. The van der Waals surface area contributed by atoms with Crippen LogP contribution in [-0.2, 0) is 0 Å². The molecule has 2 aliphatic heterocycles. The van der Waals surface area contributed by atoms with Gasteiger partial charge in [0, 0.05) is 58.4 Å². The van der Waals surface area contributed by atoms with Gasteiger partial charge >= 0.3 is 0 Å². The fourth-order valence-electron chi connectivity index (χ4n) is 6.29. The third-order valence-corrected chi connectivity index (χ3v) is 8.74. The zero-order valence-electron chi connectivity index (χ0n) is 33.4. The Bertz CT molecular complexity index is 1620. The van der Waals surface area contributed by atoms with Gasteiger partial charge in [0.25, 0.3) is 0 Å². The molecule has 0 saturated carbocycles. The fourth-order valence-corrected chi connectivity index (χ4v) is 6.29. The molecule has 2 heterocycles. The van der Waals surface area contributed by atoms with E-state index in [9.17, 15) is 0 Å². The molecule has 0 spiro atoms. The molecule has 0 aromatic heterocycles. The molecule has 0 N–H and O–H groups in total. The Balaban J connectivity index is 1.49. The van der Waals surface area contributed by atoms with Crippen LogP contribution in [-0.4, -0.2) is 26.4 Å². The van der Waals surface area contributed by atoms with Gasteiger partial charge in [-0.05, 0) is 45.9 Å². The van der Waals surface area contributed by atoms with Gasteiger partial charge < -0.3 is 28.4 Å². The maximum absolute atomic E-state index is 6.75. The van der Waals surface area contributed by atoms with Gasteiger partial charge in [-0.25, -0.2) is 0 Å². The first-order valence-corrected chi connectivity index (χ1v) is 18.6. The van der Waals surface area contributed by atoms with Crippen molar-refractivity contribution in [1.82, 2.24) is 0 Å². The summed E-state index contributed by atoms with van der Waals surface area (Å²) < 4.78 is 38.6. The smallest absolute Gasteiger partial charge is 0.134 e.